The molecule has 1 aromatic carbocycles. The van der Waals surface area contributed by atoms with Crippen molar-refractivity contribution in [2.45, 2.75) is 13.3 Å². The van der Waals surface area contributed by atoms with Crippen molar-refractivity contribution in [1.29, 1.82) is 0 Å². The van der Waals surface area contributed by atoms with Crippen molar-refractivity contribution in [3.8, 4) is 0 Å². The van der Waals surface area contributed by atoms with Gasteiger partial charge in [0.15, 0.2) is 0 Å². The van der Waals surface area contributed by atoms with Gasteiger partial charge in [-0.2, -0.15) is 0 Å². The van der Waals surface area contributed by atoms with Crippen LogP contribution in [0.2, 0.25) is 0 Å². The third-order valence-electron chi connectivity index (χ3n) is 2.22. The number of H-pyrrole nitrogens is 1. The molecule has 0 radical (unpaired) electrons. The van der Waals surface area contributed by atoms with Crippen molar-refractivity contribution < 1.29 is 0 Å². The normalized spacial score (nSPS) is 10.5. The number of benzene rings is 1. The van der Waals surface area contributed by atoms with Gasteiger partial charge in [0.25, 0.3) is 0 Å². The molecule has 2 heteroatoms. The Bertz CT molecular complexity index is 485. The van der Waals surface area contributed by atoms with E-state index in [1.54, 1.807) is 12.3 Å². The number of hydrogen-bond acceptors (Lipinski definition) is 1. The van der Waals surface area contributed by atoms with Crippen molar-refractivity contribution in [2.75, 3.05) is 0 Å². The SMILES string of the molecule is CCc1ccc2c[nH]c(=O)cc2c1. The number of hydrogen-bond donors (Lipinski definition) is 1. The Morgan fingerprint density at radius 1 is 1.23 bits per heavy atom. The molecule has 1 heterocycles. The first kappa shape index (κ1) is 8.05. The summed E-state index contributed by atoms with van der Waals surface area (Å²) in [6.45, 7) is 2.11. The minimum Gasteiger partial charge on any atom is -0.328 e. The van der Waals surface area contributed by atoms with Crippen LogP contribution in [0.25, 0.3) is 10.8 Å². The Balaban J connectivity index is 2.75. The molecule has 0 fully saturated rings. The topological polar surface area (TPSA) is 32.9 Å². The first-order valence-electron chi connectivity index (χ1n) is 4.41. The molecule has 0 saturated carbocycles. The molecule has 0 aliphatic carbocycles. The molecule has 66 valence electrons. The second-order valence-electron chi connectivity index (χ2n) is 3.11. The van der Waals surface area contributed by atoms with E-state index in [9.17, 15) is 4.79 Å². The summed E-state index contributed by atoms with van der Waals surface area (Å²) in [4.78, 5) is 13.7. The van der Waals surface area contributed by atoms with Gasteiger partial charge in [-0.1, -0.05) is 25.1 Å². The van der Waals surface area contributed by atoms with E-state index in [-0.39, 0.29) is 5.56 Å². The van der Waals surface area contributed by atoms with Gasteiger partial charge >= 0.3 is 0 Å². The van der Waals surface area contributed by atoms with Gasteiger partial charge in [-0.3, -0.25) is 4.79 Å². The van der Waals surface area contributed by atoms with Crippen molar-refractivity contribution in [3.05, 3.63) is 46.4 Å². The molecular formula is C11H11NO. The fourth-order valence-corrected chi connectivity index (χ4v) is 1.43. The molecule has 0 aliphatic rings. The largest absolute Gasteiger partial charge is 0.328 e. The maximum atomic E-state index is 11.0. The van der Waals surface area contributed by atoms with E-state index in [1.165, 1.54) is 5.56 Å². The molecule has 0 unspecified atom stereocenters. The van der Waals surface area contributed by atoms with Gasteiger partial charge in [-0.15, -0.1) is 0 Å². The average molecular weight is 173 g/mol. The van der Waals surface area contributed by atoms with E-state index in [0.717, 1.165) is 17.2 Å². The molecule has 2 rings (SSSR count). The lowest BCUT2D eigenvalue weighted by Crippen LogP contribution is -2.01. The smallest absolute Gasteiger partial charge is 0.248 e. The van der Waals surface area contributed by atoms with Crippen molar-refractivity contribution in [1.82, 2.24) is 4.98 Å². The summed E-state index contributed by atoms with van der Waals surface area (Å²) >= 11 is 0. The molecule has 0 saturated heterocycles. The molecule has 1 aromatic heterocycles. The van der Waals surface area contributed by atoms with Gasteiger partial charge in [0.1, 0.15) is 0 Å². The van der Waals surface area contributed by atoms with Gasteiger partial charge in [0, 0.05) is 12.3 Å². The van der Waals surface area contributed by atoms with Crippen LogP contribution in [0.1, 0.15) is 12.5 Å². The zero-order valence-corrected chi connectivity index (χ0v) is 7.50. The molecule has 2 nitrogen and oxygen atoms in total. The van der Waals surface area contributed by atoms with E-state index in [2.05, 4.69) is 24.0 Å². The molecule has 0 spiro atoms. The fourth-order valence-electron chi connectivity index (χ4n) is 1.43. The molecule has 13 heavy (non-hydrogen) atoms. The minimum atomic E-state index is -0.0410. The highest BCUT2D eigenvalue weighted by Gasteiger charge is 1.95. The molecule has 0 amide bonds. The Morgan fingerprint density at radius 2 is 2.08 bits per heavy atom. The lowest BCUT2D eigenvalue weighted by Gasteiger charge is -1.99. The van der Waals surface area contributed by atoms with Gasteiger partial charge in [-0.25, -0.2) is 0 Å². The van der Waals surface area contributed by atoms with Crippen LogP contribution in [-0.2, 0) is 6.42 Å². The third-order valence-corrected chi connectivity index (χ3v) is 2.22. The predicted molar refractivity (Wildman–Crippen MR) is 53.9 cm³/mol. The summed E-state index contributed by atoms with van der Waals surface area (Å²) in [7, 11) is 0. The molecule has 2 aromatic rings. The molecule has 0 bridgehead atoms. The van der Waals surface area contributed by atoms with E-state index in [4.69, 9.17) is 0 Å². The highest BCUT2D eigenvalue weighted by Crippen LogP contribution is 2.13. The second-order valence-corrected chi connectivity index (χ2v) is 3.11. The number of nitrogens with one attached hydrogen (secondary N) is 1. The summed E-state index contributed by atoms with van der Waals surface area (Å²) in [6.07, 6.45) is 2.75. The van der Waals surface area contributed by atoms with Crippen LogP contribution in [-0.4, -0.2) is 4.98 Å². The lowest BCUT2D eigenvalue weighted by atomic mass is 10.1. The number of rotatable bonds is 1. The standard InChI is InChI=1S/C11H11NO/c1-2-8-3-4-9-7-12-11(13)6-10(9)5-8/h3-7H,2H2,1H3,(H,12,13). The van der Waals surface area contributed by atoms with E-state index in [1.807, 2.05) is 6.07 Å². The van der Waals surface area contributed by atoms with Gasteiger partial charge in [0.2, 0.25) is 5.56 Å². The first-order chi connectivity index (χ1) is 6.29. The highest BCUT2D eigenvalue weighted by atomic mass is 16.1. The van der Waals surface area contributed by atoms with Gasteiger partial charge in [-0.05, 0) is 22.8 Å². The van der Waals surface area contributed by atoms with Crippen LogP contribution in [0.15, 0.2) is 35.3 Å². The number of pyridine rings is 1. The van der Waals surface area contributed by atoms with Crippen LogP contribution in [0.5, 0.6) is 0 Å². The lowest BCUT2D eigenvalue weighted by molar-refractivity contribution is 1.14. The molecular weight excluding hydrogens is 162 g/mol. The average Bonchev–Trinajstić information content (AvgIpc) is 2.16. The van der Waals surface area contributed by atoms with Crippen molar-refractivity contribution in [2.24, 2.45) is 0 Å². The third kappa shape index (κ3) is 1.47. The number of aryl methyl sites for hydroxylation is 1. The zero-order valence-electron chi connectivity index (χ0n) is 7.50. The number of aromatic nitrogens is 1. The summed E-state index contributed by atoms with van der Waals surface area (Å²) < 4.78 is 0. The van der Waals surface area contributed by atoms with Crippen LogP contribution in [0, 0.1) is 0 Å². The summed E-state index contributed by atoms with van der Waals surface area (Å²) in [5.74, 6) is 0. The predicted octanol–water partition coefficient (Wildman–Crippen LogP) is 2.09. The number of aromatic amines is 1. The second kappa shape index (κ2) is 3.05. The summed E-state index contributed by atoms with van der Waals surface area (Å²) in [6, 6.07) is 7.81. The van der Waals surface area contributed by atoms with E-state index in [0.29, 0.717) is 0 Å². The maximum absolute atomic E-state index is 11.0. The van der Waals surface area contributed by atoms with Crippen LogP contribution >= 0.6 is 0 Å². The Kier molecular flexibility index (Phi) is 1.89. The van der Waals surface area contributed by atoms with Crippen molar-refractivity contribution >= 4 is 10.8 Å². The minimum absolute atomic E-state index is 0.0410. The van der Waals surface area contributed by atoms with E-state index >= 15 is 0 Å². The van der Waals surface area contributed by atoms with Crippen LogP contribution in [0.4, 0.5) is 0 Å². The first-order valence-corrected chi connectivity index (χ1v) is 4.41. The molecule has 1 N–H and O–H groups in total. The summed E-state index contributed by atoms with van der Waals surface area (Å²) in [5, 5.41) is 2.10. The van der Waals surface area contributed by atoms with Gasteiger partial charge in [0.05, 0.1) is 0 Å². The van der Waals surface area contributed by atoms with Crippen molar-refractivity contribution in [3.63, 3.8) is 0 Å². The maximum Gasteiger partial charge on any atom is 0.248 e. The summed E-state index contributed by atoms with van der Waals surface area (Å²) in [5.41, 5.74) is 1.22. The van der Waals surface area contributed by atoms with Crippen LogP contribution < -0.4 is 5.56 Å². The Hall–Kier alpha value is -1.57. The number of fused-ring (bicyclic) bond motifs is 1. The molecule has 0 atom stereocenters. The fraction of sp³-hybridized carbons (Fsp3) is 0.182. The monoisotopic (exact) mass is 173 g/mol. The van der Waals surface area contributed by atoms with Gasteiger partial charge < -0.3 is 4.98 Å². The quantitative estimate of drug-likeness (QED) is 0.703. The van der Waals surface area contributed by atoms with Crippen LogP contribution in [0.3, 0.4) is 0 Å². The Morgan fingerprint density at radius 3 is 2.85 bits per heavy atom. The zero-order chi connectivity index (χ0) is 9.26. The van der Waals surface area contributed by atoms with E-state index < -0.39 is 0 Å². The highest BCUT2D eigenvalue weighted by molar-refractivity contribution is 5.81. The molecule has 0 aliphatic heterocycles. The Labute approximate surface area is 76.2 Å².